The van der Waals surface area contributed by atoms with E-state index in [0.29, 0.717) is 5.71 Å². The van der Waals surface area contributed by atoms with E-state index in [1.807, 2.05) is 20.8 Å². The summed E-state index contributed by atoms with van der Waals surface area (Å²) < 4.78 is 0. The van der Waals surface area contributed by atoms with Crippen LogP contribution in [0.2, 0.25) is 0 Å². The number of oxime groups is 1. The maximum Gasteiger partial charge on any atom is 0.331 e. The second-order valence-electron chi connectivity index (χ2n) is 5.46. The lowest BCUT2D eigenvalue weighted by molar-refractivity contribution is -0.141. The van der Waals surface area contributed by atoms with Gasteiger partial charge in [-0.2, -0.15) is 0 Å². The van der Waals surface area contributed by atoms with Gasteiger partial charge in [-0.15, -0.1) is 0 Å². The van der Waals surface area contributed by atoms with Crippen LogP contribution in [0.25, 0.3) is 0 Å². The molecule has 0 heterocycles. The molecule has 0 saturated heterocycles. The molecular formula is C12H21NO3. The Morgan fingerprint density at radius 3 is 1.75 bits per heavy atom. The summed E-state index contributed by atoms with van der Waals surface area (Å²) in [4.78, 5) is 27.3. The molecule has 0 aliphatic heterocycles. The number of rotatable bonds is 3. The van der Waals surface area contributed by atoms with E-state index < -0.39 is 16.8 Å². The summed E-state index contributed by atoms with van der Waals surface area (Å²) in [5.74, 6) is -0.424. The fraction of sp³-hybridized carbons (Fsp3) is 0.750. The van der Waals surface area contributed by atoms with Crippen LogP contribution in [0.3, 0.4) is 0 Å². The minimum Gasteiger partial charge on any atom is -0.319 e. The van der Waals surface area contributed by atoms with Gasteiger partial charge in [0, 0.05) is 12.3 Å². The molecule has 0 N–H and O–H groups in total. The lowest BCUT2D eigenvalue weighted by Gasteiger charge is -2.30. The highest BCUT2D eigenvalue weighted by Crippen LogP contribution is 2.30. The molecule has 0 aromatic carbocycles. The van der Waals surface area contributed by atoms with E-state index in [1.165, 1.54) is 6.92 Å². The van der Waals surface area contributed by atoms with Gasteiger partial charge in [-0.05, 0) is 20.8 Å². The Morgan fingerprint density at radius 2 is 1.44 bits per heavy atom. The molecule has 0 bridgehead atoms. The zero-order valence-electron chi connectivity index (χ0n) is 11.2. The number of nitrogens with zero attached hydrogens (tertiary/aromatic N) is 1. The van der Waals surface area contributed by atoms with Crippen LogP contribution >= 0.6 is 0 Å². The van der Waals surface area contributed by atoms with Gasteiger partial charge in [-0.25, -0.2) is 4.79 Å². The first-order valence-corrected chi connectivity index (χ1v) is 5.27. The highest BCUT2D eigenvalue weighted by Gasteiger charge is 2.38. The fourth-order valence-electron chi connectivity index (χ4n) is 1.35. The molecule has 0 atom stereocenters. The molecule has 0 aliphatic rings. The van der Waals surface area contributed by atoms with Gasteiger partial charge in [0.2, 0.25) is 0 Å². The molecule has 16 heavy (non-hydrogen) atoms. The third-order valence-corrected chi connectivity index (χ3v) is 2.46. The monoisotopic (exact) mass is 227 g/mol. The van der Waals surface area contributed by atoms with Crippen molar-refractivity contribution in [2.75, 3.05) is 0 Å². The standard InChI is InChI=1S/C12H21NO3/c1-8(13-16-9(2)14)12(6,7)10(15)11(3,4)5/h1-7H3/b13-8-. The highest BCUT2D eigenvalue weighted by molar-refractivity contribution is 6.09. The van der Waals surface area contributed by atoms with Crippen LogP contribution in [0.5, 0.6) is 0 Å². The summed E-state index contributed by atoms with van der Waals surface area (Å²) in [6.45, 7) is 12.1. The van der Waals surface area contributed by atoms with Gasteiger partial charge in [-0.3, -0.25) is 4.79 Å². The van der Waals surface area contributed by atoms with Crippen LogP contribution in [0.4, 0.5) is 0 Å². The van der Waals surface area contributed by atoms with Crippen molar-refractivity contribution >= 4 is 17.5 Å². The molecule has 0 aromatic heterocycles. The first-order chi connectivity index (χ1) is 6.99. The van der Waals surface area contributed by atoms with E-state index in [9.17, 15) is 9.59 Å². The number of hydrogen-bond acceptors (Lipinski definition) is 4. The lowest BCUT2D eigenvalue weighted by Crippen LogP contribution is -2.40. The maximum atomic E-state index is 12.2. The number of ketones is 1. The number of carbonyl (C=O) groups excluding carboxylic acids is 2. The third-order valence-electron chi connectivity index (χ3n) is 2.46. The second kappa shape index (κ2) is 4.76. The van der Waals surface area contributed by atoms with Crippen molar-refractivity contribution in [1.82, 2.24) is 0 Å². The topological polar surface area (TPSA) is 55.7 Å². The average Bonchev–Trinajstić information content (AvgIpc) is 2.11. The Hall–Kier alpha value is -1.19. The summed E-state index contributed by atoms with van der Waals surface area (Å²) in [5.41, 5.74) is -0.674. The van der Waals surface area contributed by atoms with Gasteiger partial charge < -0.3 is 4.84 Å². The first-order valence-electron chi connectivity index (χ1n) is 5.27. The summed E-state index contributed by atoms with van der Waals surface area (Å²) in [7, 11) is 0. The summed E-state index contributed by atoms with van der Waals surface area (Å²) in [6, 6.07) is 0. The first kappa shape index (κ1) is 14.8. The van der Waals surface area contributed by atoms with Gasteiger partial charge in [0.25, 0.3) is 0 Å². The van der Waals surface area contributed by atoms with Crippen molar-refractivity contribution in [2.24, 2.45) is 16.0 Å². The Bertz CT molecular complexity index is 322. The molecule has 92 valence electrons. The van der Waals surface area contributed by atoms with Gasteiger partial charge >= 0.3 is 5.97 Å². The predicted octanol–water partition coefficient (Wildman–Crippen LogP) is 2.57. The predicted molar refractivity (Wildman–Crippen MR) is 63.1 cm³/mol. The zero-order valence-corrected chi connectivity index (χ0v) is 11.2. The van der Waals surface area contributed by atoms with E-state index in [1.54, 1.807) is 20.8 Å². The SMILES string of the molecule is CC(=O)O/N=C(/C)C(C)(C)C(=O)C(C)(C)C. The van der Waals surface area contributed by atoms with Crippen molar-refractivity contribution in [1.29, 1.82) is 0 Å². The second-order valence-corrected chi connectivity index (χ2v) is 5.46. The van der Waals surface area contributed by atoms with Gasteiger partial charge in [0.1, 0.15) is 5.78 Å². The minimum absolute atomic E-state index is 0.0633. The van der Waals surface area contributed by atoms with Crippen molar-refractivity contribution in [3.63, 3.8) is 0 Å². The van der Waals surface area contributed by atoms with E-state index in [2.05, 4.69) is 9.99 Å². The molecular weight excluding hydrogens is 206 g/mol. The molecule has 4 heteroatoms. The van der Waals surface area contributed by atoms with Crippen LogP contribution in [0.15, 0.2) is 5.16 Å². The number of carbonyl (C=O) groups is 2. The molecule has 0 spiro atoms. The smallest absolute Gasteiger partial charge is 0.319 e. The third kappa shape index (κ3) is 3.76. The molecule has 4 nitrogen and oxygen atoms in total. The van der Waals surface area contributed by atoms with E-state index >= 15 is 0 Å². The maximum absolute atomic E-state index is 12.2. The molecule has 0 rings (SSSR count). The van der Waals surface area contributed by atoms with Gasteiger partial charge in [0.05, 0.1) is 11.1 Å². The summed E-state index contributed by atoms with van der Waals surface area (Å²) in [6.07, 6.45) is 0. The molecule has 0 aromatic rings. The van der Waals surface area contributed by atoms with Crippen LogP contribution in [0.1, 0.15) is 48.5 Å². The average molecular weight is 227 g/mol. The molecule has 0 fully saturated rings. The van der Waals surface area contributed by atoms with E-state index in [4.69, 9.17) is 0 Å². The molecule has 0 aliphatic carbocycles. The Balaban J connectivity index is 4.99. The number of Topliss-reactive ketones (excluding diaryl/α,β-unsaturated/α-hetero) is 1. The van der Waals surface area contributed by atoms with Crippen molar-refractivity contribution in [2.45, 2.75) is 48.5 Å². The largest absolute Gasteiger partial charge is 0.331 e. The van der Waals surface area contributed by atoms with Crippen molar-refractivity contribution in [3.05, 3.63) is 0 Å². The van der Waals surface area contributed by atoms with E-state index in [0.717, 1.165) is 0 Å². The molecule has 0 saturated carbocycles. The van der Waals surface area contributed by atoms with Crippen molar-refractivity contribution in [3.8, 4) is 0 Å². The normalized spacial score (nSPS) is 13.6. The Morgan fingerprint density at radius 1 is 1.00 bits per heavy atom. The fourth-order valence-corrected chi connectivity index (χ4v) is 1.35. The van der Waals surface area contributed by atoms with Gasteiger partial charge in [0.15, 0.2) is 0 Å². The highest BCUT2D eigenvalue weighted by atomic mass is 16.7. The Labute approximate surface area is 97.0 Å². The summed E-state index contributed by atoms with van der Waals surface area (Å²) in [5, 5.41) is 3.68. The molecule has 0 radical (unpaired) electrons. The van der Waals surface area contributed by atoms with E-state index in [-0.39, 0.29) is 5.78 Å². The lowest BCUT2D eigenvalue weighted by atomic mass is 9.72. The van der Waals surface area contributed by atoms with Crippen LogP contribution in [-0.4, -0.2) is 17.5 Å². The zero-order chi connectivity index (χ0) is 13.1. The minimum atomic E-state index is -0.728. The molecule has 0 amide bonds. The van der Waals surface area contributed by atoms with Crippen LogP contribution < -0.4 is 0 Å². The van der Waals surface area contributed by atoms with Crippen LogP contribution in [-0.2, 0) is 14.4 Å². The van der Waals surface area contributed by atoms with Crippen LogP contribution in [0, 0.1) is 10.8 Å². The number of hydrogen-bond donors (Lipinski definition) is 0. The summed E-state index contributed by atoms with van der Waals surface area (Å²) >= 11 is 0. The Kier molecular flexibility index (Phi) is 4.41. The van der Waals surface area contributed by atoms with Crippen molar-refractivity contribution < 1.29 is 14.4 Å². The molecule has 0 unspecified atom stereocenters. The van der Waals surface area contributed by atoms with Gasteiger partial charge in [-0.1, -0.05) is 25.9 Å². The quantitative estimate of drug-likeness (QED) is 0.423.